The molecule has 60 valence electrons. The van der Waals surface area contributed by atoms with Gasteiger partial charge in [-0.2, -0.15) is 4.79 Å². The molecule has 0 spiro atoms. The molecule has 0 atom stereocenters. The number of hydrogen-bond donors (Lipinski definition) is 2. The molecule has 0 bridgehead atoms. The van der Waals surface area contributed by atoms with Crippen LogP contribution < -0.4 is 0 Å². The zero-order chi connectivity index (χ0) is 8.85. The SMILES string of the molecule is [N-]=[N+]=C(C(=O)O)C(=O)CCO. The number of aliphatic hydroxyl groups excluding tert-OH is 1. The maximum absolute atomic E-state index is 10.6. The van der Waals surface area contributed by atoms with E-state index in [9.17, 15) is 9.59 Å². The maximum Gasteiger partial charge on any atom is 0.441 e. The number of aliphatic carboxylic acids is 1. The highest BCUT2D eigenvalue weighted by Gasteiger charge is 2.27. The van der Waals surface area contributed by atoms with Gasteiger partial charge < -0.3 is 15.7 Å². The second-order valence-corrected chi connectivity index (χ2v) is 1.65. The van der Waals surface area contributed by atoms with Crippen LogP contribution in [0.25, 0.3) is 5.53 Å². The number of carboxylic acids is 1. The summed E-state index contributed by atoms with van der Waals surface area (Å²) in [7, 11) is 0. The molecule has 0 aromatic rings. The first-order valence-electron chi connectivity index (χ1n) is 2.73. The van der Waals surface area contributed by atoms with Crippen molar-refractivity contribution in [2.24, 2.45) is 0 Å². The molecule has 0 fully saturated rings. The minimum Gasteiger partial charge on any atom is -0.472 e. The minimum absolute atomic E-state index is 0.355. The highest BCUT2D eigenvalue weighted by molar-refractivity contribution is 6.61. The van der Waals surface area contributed by atoms with Crippen LogP contribution in [-0.4, -0.2) is 39.1 Å². The lowest BCUT2D eigenvalue weighted by molar-refractivity contribution is -0.136. The summed E-state index contributed by atoms with van der Waals surface area (Å²) >= 11 is 0. The largest absolute Gasteiger partial charge is 0.472 e. The van der Waals surface area contributed by atoms with Gasteiger partial charge >= 0.3 is 11.7 Å². The van der Waals surface area contributed by atoms with Gasteiger partial charge in [0.05, 0.1) is 6.61 Å². The number of carbonyl (C=O) groups is 2. The van der Waals surface area contributed by atoms with E-state index in [2.05, 4.69) is 4.79 Å². The average molecular weight is 158 g/mol. The van der Waals surface area contributed by atoms with Gasteiger partial charge in [-0.3, -0.25) is 4.79 Å². The van der Waals surface area contributed by atoms with Gasteiger partial charge in [-0.1, -0.05) is 0 Å². The number of hydrogen-bond acceptors (Lipinski definition) is 3. The molecule has 0 saturated carbocycles. The summed E-state index contributed by atoms with van der Waals surface area (Å²) in [6, 6.07) is 0. The van der Waals surface area contributed by atoms with Crippen LogP contribution >= 0.6 is 0 Å². The Labute approximate surface area is 61.7 Å². The fourth-order valence-electron chi connectivity index (χ4n) is 0.438. The van der Waals surface area contributed by atoms with Crippen molar-refractivity contribution in [3.05, 3.63) is 5.53 Å². The Balaban J connectivity index is 4.42. The lowest BCUT2D eigenvalue weighted by Gasteiger charge is -1.86. The number of ketones is 1. The van der Waals surface area contributed by atoms with Gasteiger partial charge in [-0.05, 0) is 0 Å². The molecule has 0 rings (SSSR count). The van der Waals surface area contributed by atoms with Crippen molar-refractivity contribution in [3.63, 3.8) is 0 Å². The smallest absolute Gasteiger partial charge is 0.441 e. The number of nitrogens with zero attached hydrogens (tertiary/aromatic N) is 2. The molecule has 2 N–H and O–H groups in total. The van der Waals surface area contributed by atoms with E-state index in [1.165, 1.54) is 0 Å². The molecule has 0 aliphatic carbocycles. The Bertz CT molecular complexity index is 229. The monoisotopic (exact) mass is 158 g/mol. The van der Waals surface area contributed by atoms with Gasteiger partial charge in [0.15, 0.2) is 0 Å². The summed E-state index contributed by atoms with van der Waals surface area (Å²) < 4.78 is 0. The summed E-state index contributed by atoms with van der Waals surface area (Å²) in [6.45, 7) is -0.467. The van der Waals surface area contributed by atoms with Crippen molar-refractivity contribution in [2.45, 2.75) is 6.42 Å². The molecule has 0 saturated heterocycles. The maximum atomic E-state index is 10.6. The predicted octanol–water partition coefficient (Wildman–Crippen LogP) is -1.31. The first kappa shape index (κ1) is 9.48. The zero-order valence-electron chi connectivity index (χ0n) is 5.52. The Hall–Kier alpha value is -1.52. The summed E-state index contributed by atoms with van der Waals surface area (Å²) in [5, 5.41) is 16.4. The number of rotatable bonds is 4. The van der Waals surface area contributed by atoms with Crippen LogP contribution in [0.4, 0.5) is 0 Å². The summed E-state index contributed by atoms with van der Waals surface area (Å²) in [5.41, 5.74) is 7.04. The molecule has 0 radical (unpaired) electrons. The second kappa shape index (κ2) is 4.32. The highest BCUT2D eigenvalue weighted by atomic mass is 16.4. The molecule has 6 nitrogen and oxygen atoms in total. The van der Waals surface area contributed by atoms with Crippen LogP contribution in [0.2, 0.25) is 0 Å². The van der Waals surface area contributed by atoms with Gasteiger partial charge in [-0.25, -0.2) is 4.79 Å². The van der Waals surface area contributed by atoms with Crippen molar-refractivity contribution >= 4 is 17.5 Å². The van der Waals surface area contributed by atoms with Gasteiger partial charge in [-0.15, -0.1) is 0 Å². The molecule has 0 aliphatic rings. The Kier molecular flexibility index (Phi) is 3.72. The molecule has 0 unspecified atom stereocenters. The molecular formula is C5H6N2O4. The van der Waals surface area contributed by atoms with Crippen LogP contribution in [0.15, 0.2) is 0 Å². The average Bonchev–Trinajstić information content (AvgIpc) is 1.88. The van der Waals surface area contributed by atoms with Gasteiger partial charge in [0.1, 0.15) is 0 Å². The predicted molar refractivity (Wildman–Crippen MR) is 33.0 cm³/mol. The van der Waals surface area contributed by atoms with Crippen molar-refractivity contribution in [3.8, 4) is 0 Å². The third kappa shape index (κ3) is 2.70. The van der Waals surface area contributed by atoms with Crippen LogP contribution in [0.3, 0.4) is 0 Å². The molecule has 0 heterocycles. The van der Waals surface area contributed by atoms with E-state index in [4.69, 9.17) is 15.7 Å². The van der Waals surface area contributed by atoms with Crippen LogP contribution in [-0.2, 0) is 9.59 Å². The van der Waals surface area contributed by atoms with Gasteiger partial charge in [0.2, 0.25) is 0 Å². The quantitative estimate of drug-likeness (QED) is 0.229. The van der Waals surface area contributed by atoms with E-state index < -0.39 is 24.1 Å². The lowest BCUT2D eigenvalue weighted by Crippen LogP contribution is -2.25. The second-order valence-electron chi connectivity index (χ2n) is 1.65. The standard InChI is InChI=1S/C5H6N2O4/c6-7-4(5(10)11)3(9)1-2-8/h8H,1-2H2,(H,10,11). The van der Waals surface area contributed by atoms with Crippen molar-refractivity contribution < 1.29 is 24.6 Å². The molecule has 0 aromatic carbocycles. The van der Waals surface area contributed by atoms with E-state index in [0.29, 0.717) is 0 Å². The van der Waals surface area contributed by atoms with Crippen molar-refractivity contribution in [1.29, 1.82) is 0 Å². The van der Waals surface area contributed by atoms with E-state index in [-0.39, 0.29) is 6.42 Å². The van der Waals surface area contributed by atoms with Crippen molar-refractivity contribution in [2.75, 3.05) is 6.61 Å². The fraction of sp³-hybridized carbons (Fsp3) is 0.400. The molecule has 0 amide bonds. The van der Waals surface area contributed by atoms with E-state index in [1.54, 1.807) is 0 Å². The third-order valence-corrected chi connectivity index (χ3v) is 0.906. The third-order valence-electron chi connectivity index (χ3n) is 0.906. The van der Waals surface area contributed by atoms with E-state index in [1.807, 2.05) is 0 Å². The van der Waals surface area contributed by atoms with Crippen LogP contribution in [0.1, 0.15) is 6.42 Å². The number of carbonyl (C=O) groups excluding carboxylic acids is 1. The Morgan fingerprint density at radius 2 is 2.00 bits per heavy atom. The first-order valence-corrected chi connectivity index (χ1v) is 2.73. The fourth-order valence-corrected chi connectivity index (χ4v) is 0.438. The molecule has 6 heteroatoms. The number of carboxylic acid groups (broad SMARTS) is 1. The van der Waals surface area contributed by atoms with Crippen molar-refractivity contribution in [1.82, 2.24) is 0 Å². The van der Waals surface area contributed by atoms with Crippen LogP contribution in [0.5, 0.6) is 0 Å². The summed E-state index contributed by atoms with van der Waals surface area (Å²) in [4.78, 5) is 22.9. The minimum atomic E-state index is -1.61. The van der Waals surface area contributed by atoms with E-state index >= 15 is 0 Å². The number of aliphatic hydroxyl groups is 1. The molecular weight excluding hydrogens is 152 g/mol. The van der Waals surface area contributed by atoms with Gasteiger partial charge in [0, 0.05) is 6.42 Å². The summed E-state index contributed by atoms with van der Waals surface area (Å²) in [6.07, 6.45) is -0.355. The first-order chi connectivity index (χ1) is 5.13. The lowest BCUT2D eigenvalue weighted by atomic mass is 10.2. The topological polar surface area (TPSA) is 111 Å². The van der Waals surface area contributed by atoms with E-state index in [0.717, 1.165) is 0 Å². The zero-order valence-corrected chi connectivity index (χ0v) is 5.52. The molecule has 0 aliphatic heterocycles. The highest BCUT2D eigenvalue weighted by Crippen LogP contribution is 1.83. The van der Waals surface area contributed by atoms with Crippen LogP contribution in [0, 0.1) is 0 Å². The number of Topliss-reactive ketones (excluding diaryl/α,β-unsaturated/α-hetero) is 1. The Morgan fingerprint density at radius 3 is 2.27 bits per heavy atom. The molecule has 0 aromatic heterocycles. The van der Waals surface area contributed by atoms with Gasteiger partial charge in [0.25, 0.3) is 5.78 Å². The Morgan fingerprint density at radius 1 is 1.45 bits per heavy atom. The molecule has 11 heavy (non-hydrogen) atoms. The normalized spacial score (nSPS) is 8.45. The summed E-state index contributed by atoms with van der Waals surface area (Å²) in [5.74, 6) is -2.51.